The summed E-state index contributed by atoms with van der Waals surface area (Å²) in [5, 5.41) is 5.74. The van der Waals surface area contributed by atoms with Crippen molar-refractivity contribution in [3.05, 3.63) is 24.3 Å². The van der Waals surface area contributed by atoms with E-state index in [0.29, 0.717) is 12.5 Å². The number of carbonyl (C=O) groups excluding carboxylic acids is 2. The molecule has 1 aromatic carbocycles. The Labute approximate surface area is 151 Å². The lowest BCUT2D eigenvalue weighted by Gasteiger charge is -2.27. The molecule has 1 atom stereocenters. The molecule has 4 rings (SSSR count). The van der Waals surface area contributed by atoms with Crippen LogP contribution in [0.15, 0.2) is 24.3 Å². The van der Waals surface area contributed by atoms with Crippen molar-refractivity contribution in [2.24, 2.45) is 0 Å². The summed E-state index contributed by atoms with van der Waals surface area (Å²) in [5.74, 6) is 0.128. The third-order valence-corrected chi connectivity index (χ3v) is 4.89. The lowest BCUT2D eigenvalue weighted by Crippen LogP contribution is -2.41. The summed E-state index contributed by atoms with van der Waals surface area (Å²) in [6.07, 6.45) is 1.00. The summed E-state index contributed by atoms with van der Waals surface area (Å²) < 4.78 is 7.16. The van der Waals surface area contributed by atoms with Gasteiger partial charge in [0.15, 0.2) is 0 Å². The summed E-state index contributed by atoms with van der Waals surface area (Å²) in [5.41, 5.74) is 1.63. The predicted octanol–water partition coefficient (Wildman–Crippen LogP) is 0.758. The van der Waals surface area contributed by atoms with Crippen molar-refractivity contribution in [2.75, 3.05) is 44.7 Å². The van der Waals surface area contributed by atoms with Crippen LogP contribution >= 0.6 is 0 Å². The van der Waals surface area contributed by atoms with Gasteiger partial charge in [0.1, 0.15) is 6.04 Å². The lowest BCUT2D eigenvalue weighted by atomic mass is 10.1. The van der Waals surface area contributed by atoms with E-state index in [1.165, 1.54) is 0 Å². The van der Waals surface area contributed by atoms with Crippen LogP contribution in [-0.2, 0) is 14.3 Å². The Morgan fingerprint density at radius 2 is 2.12 bits per heavy atom. The molecule has 1 unspecified atom stereocenters. The molecule has 1 saturated heterocycles. The minimum absolute atomic E-state index is 0.128. The number of aromatic nitrogens is 2. The zero-order valence-corrected chi connectivity index (χ0v) is 14.6. The van der Waals surface area contributed by atoms with Crippen LogP contribution in [0, 0.1) is 0 Å². The molecule has 3 heterocycles. The van der Waals surface area contributed by atoms with Crippen LogP contribution in [0.4, 0.5) is 5.95 Å². The number of nitrogens with one attached hydrogen (secondary N) is 2. The molecular weight excluding hydrogens is 334 g/mol. The fourth-order valence-corrected chi connectivity index (χ4v) is 3.56. The zero-order chi connectivity index (χ0) is 17.9. The van der Waals surface area contributed by atoms with E-state index in [0.717, 1.165) is 50.3 Å². The van der Waals surface area contributed by atoms with Crippen molar-refractivity contribution < 1.29 is 14.3 Å². The first-order valence-electron chi connectivity index (χ1n) is 9.07. The van der Waals surface area contributed by atoms with Crippen LogP contribution in [0.5, 0.6) is 0 Å². The van der Waals surface area contributed by atoms with Gasteiger partial charge in [-0.05, 0) is 25.1 Å². The monoisotopic (exact) mass is 357 g/mol. The first kappa shape index (κ1) is 17.0. The fourth-order valence-electron chi connectivity index (χ4n) is 3.56. The SMILES string of the molecule is O=C1CC(C(=O)NCCCN2CCOCC2)n2c(nc3ccccc32)N1. The van der Waals surface area contributed by atoms with Gasteiger partial charge in [-0.25, -0.2) is 4.98 Å². The molecule has 1 fully saturated rings. The number of imidazole rings is 1. The Morgan fingerprint density at radius 1 is 1.31 bits per heavy atom. The van der Waals surface area contributed by atoms with Gasteiger partial charge in [-0.15, -0.1) is 0 Å². The van der Waals surface area contributed by atoms with Crippen molar-refractivity contribution in [3.63, 3.8) is 0 Å². The Morgan fingerprint density at radius 3 is 2.96 bits per heavy atom. The Bertz CT molecular complexity index is 812. The van der Waals surface area contributed by atoms with E-state index in [-0.39, 0.29) is 18.2 Å². The van der Waals surface area contributed by atoms with Crippen LogP contribution in [0.3, 0.4) is 0 Å². The van der Waals surface area contributed by atoms with Crippen molar-refractivity contribution in [3.8, 4) is 0 Å². The first-order chi connectivity index (χ1) is 12.7. The maximum atomic E-state index is 12.7. The highest BCUT2D eigenvalue weighted by molar-refractivity contribution is 5.99. The number of benzene rings is 1. The number of anilines is 1. The second-order valence-electron chi connectivity index (χ2n) is 6.66. The second-order valence-corrected chi connectivity index (χ2v) is 6.66. The molecule has 26 heavy (non-hydrogen) atoms. The minimum atomic E-state index is -0.561. The highest BCUT2D eigenvalue weighted by atomic mass is 16.5. The first-order valence-corrected chi connectivity index (χ1v) is 9.07. The summed E-state index contributed by atoms with van der Waals surface area (Å²) >= 11 is 0. The van der Waals surface area contributed by atoms with E-state index >= 15 is 0 Å². The number of morpholine rings is 1. The Hall–Kier alpha value is -2.45. The number of ether oxygens (including phenoxy) is 1. The molecule has 2 aromatic rings. The van der Waals surface area contributed by atoms with Gasteiger partial charge in [-0.3, -0.25) is 24.4 Å². The van der Waals surface area contributed by atoms with Gasteiger partial charge >= 0.3 is 0 Å². The van der Waals surface area contributed by atoms with Crippen molar-refractivity contribution in [2.45, 2.75) is 18.9 Å². The van der Waals surface area contributed by atoms with E-state index < -0.39 is 6.04 Å². The van der Waals surface area contributed by atoms with E-state index in [4.69, 9.17) is 4.74 Å². The maximum absolute atomic E-state index is 12.7. The number of fused-ring (bicyclic) bond motifs is 3. The van der Waals surface area contributed by atoms with Gasteiger partial charge < -0.3 is 10.1 Å². The number of carbonyl (C=O) groups is 2. The van der Waals surface area contributed by atoms with Crippen LogP contribution in [0.25, 0.3) is 11.0 Å². The molecule has 8 nitrogen and oxygen atoms in total. The lowest BCUT2D eigenvalue weighted by molar-refractivity contribution is -0.128. The van der Waals surface area contributed by atoms with Crippen LogP contribution in [-0.4, -0.2) is 65.7 Å². The molecule has 0 radical (unpaired) electrons. The molecule has 0 aliphatic carbocycles. The Balaban J connectivity index is 1.41. The number of nitrogens with zero attached hydrogens (tertiary/aromatic N) is 3. The molecular formula is C18H23N5O3. The summed E-state index contributed by atoms with van der Waals surface area (Å²) in [7, 11) is 0. The number of para-hydroxylation sites is 2. The predicted molar refractivity (Wildman–Crippen MR) is 96.9 cm³/mol. The van der Waals surface area contributed by atoms with Crippen LogP contribution in [0.2, 0.25) is 0 Å². The van der Waals surface area contributed by atoms with Crippen LogP contribution < -0.4 is 10.6 Å². The number of amides is 2. The minimum Gasteiger partial charge on any atom is -0.379 e. The quantitative estimate of drug-likeness (QED) is 0.772. The standard InChI is InChI=1S/C18H23N5O3/c24-16-12-15(17(25)19-6-3-7-22-8-10-26-11-9-22)23-14-5-2-1-4-13(14)20-18(23)21-16/h1-2,4-5,15H,3,6-12H2,(H,19,25)(H,20,21,24). The van der Waals surface area contributed by atoms with E-state index in [9.17, 15) is 9.59 Å². The van der Waals surface area contributed by atoms with Gasteiger partial charge in [0.25, 0.3) is 0 Å². The number of hydrogen-bond acceptors (Lipinski definition) is 5. The number of rotatable bonds is 5. The van der Waals surface area contributed by atoms with Gasteiger partial charge in [0, 0.05) is 19.6 Å². The van der Waals surface area contributed by atoms with Crippen molar-refractivity contribution in [1.29, 1.82) is 0 Å². The molecule has 2 amide bonds. The van der Waals surface area contributed by atoms with E-state index in [1.54, 1.807) is 0 Å². The van der Waals surface area contributed by atoms with Gasteiger partial charge in [0.05, 0.1) is 30.7 Å². The summed E-state index contributed by atoms with van der Waals surface area (Å²) in [4.78, 5) is 31.5. The van der Waals surface area contributed by atoms with E-state index in [1.807, 2.05) is 28.8 Å². The molecule has 0 spiro atoms. The normalized spacial score (nSPS) is 20.6. The molecule has 138 valence electrons. The second kappa shape index (κ2) is 7.43. The van der Waals surface area contributed by atoms with Crippen LogP contribution in [0.1, 0.15) is 18.9 Å². The topological polar surface area (TPSA) is 88.5 Å². The van der Waals surface area contributed by atoms with Gasteiger partial charge in [-0.1, -0.05) is 12.1 Å². The number of hydrogen-bond donors (Lipinski definition) is 2. The smallest absolute Gasteiger partial charge is 0.243 e. The highest BCUT2D eigenvalue weighted by Gasteiger charge is 2.32. The van der Waals surface area contributed by atoms with Gasteiger partial charge in [0.2, 0.25) is 17.8 Å². The largest absolute Gasteiger partial charge is 0.379 e. The van der Waals surface area contributed by atoms with Gasteiger partial charge in [-0.2, -0.15) is 0 Å². The van der Waals surface area contributed by atoms with Crippen molar-refractivity contribution in [1.82, 2.24) is 19.8 Å². The summed E-state index contributed by atoms with van der Waals surface area (Å²) in [6.45, 7) is 4.98. The summed E-state index contributed by atoms with van der Waals surface area (Å²) in [6, 6.07) is 7.04. The molecule has 1 aromatic heterocycles. The van der Waals surface area contributed by atoms with Crippen molar-refractivity contribution >= 4 is 28.8 Å². The third-order valence-electron chi connectivity index (χ3n) is 4.89. The molecule has 2 N–H and O–H groups in total. The average Bonchev–Trinajstić information content (AvgIpc) is 3.03. The molecule has 2 aliphatic heterocycles. The molecule has 2 aliphatic rings. The average molecular weight is 357 g/mol. The fraction of sp³-hybridized carbons (Fsp3) is 0.500. The molecule has 0 saturated carbocycles. The molecule has 8 heteroatoms. The third kappa shape index (κ3) is 3.42. The Kier molecular flexibility index (Phi) is 4.85. The zero-order valence-electron chi connectivity index (χ0n) is 14.6. The maximum Gasteiger partial charge on any atom is 0.243 e. The van der Waals surface area contributed by atoms with E-state index in [2.05, 4.69) is 20.5 Å². The highest BCUT2D eigenvalue weighted by Crippen LogP contribution is 2.30. The molecule has 0 bridgehead atoms.